The van der Waals surface area contributed by atoms with Gasteiger partial charge in [-0.05, 0) is 72.5 Å². The maximum atomic E-state index is 13.5. The minimum absolute atomic E-state index is 0.142. The maximum Gasteiger partial charge on any atom is 0.573 e. The van der Waals surface area contributed by atoms with Gasteiger partial charge in [0.2, 0.25) is 0 Å². The van der Waals surface area contributed by atoms with E-state index in [9.17, 15) is 27.9 Å². The largest absolute Gasteiger partial charge is 0.573 e. The number of hydrogen-bond acceptors (Lipinski definition) is 6. The van der Waals surface area contributed by atoms with Crippen LogP contribution in [0.25, 0.3) is 5.76 Å². The smallest absolute Gasteiger partial charge is 0.507 e. The van der Waals surface area contributed by atoms with Crippen molar-refractivity contribution in [2.75, 3.05) is 18.6 Å². The van der Waals surface area contributed by atoms with E-state index in [1.807, 2.05) is 27.7 Å². The molecule has 0 spiro atoms. The highest BCUT2D eigenvalue weighted by atomic mass is 19.4. The van der Waals surface area contributed by atoms with Gasteiger partial charge in [-0.25, -0.2) is 0 Å². The van der Waals surface area contributed by atoms with Crippen LogP contribution in [0.3, 0.4) is 0 Å². The molecule has 0 aliphatic carbocycles. The molecule has 0 bridgehead atoms. The Morgan fingerprint density at radius 2 is 1.54 bits per heavy atom. The summed E-state index contributed by atoms with van der Waals surface area (Å²) in [7, 11) is 1.49. The summed E-state index contributed by atoms with van der Waals surface area (Å²) in [5.41, 5.74) is 1.18. The van der Waals surface area contributed by atoms with Crippen LogP contribution in [0, 0.1) is 0 Å². The van der Waals surface area contributed by atoms with Gasteiger partial charge in [0.25, 0.3) is 11.7 Å². The van der Waals surface area contributed by atoms with Crippen molar-refractivity contribution in [3.8, 4) is 17.2 Å². The van der Waals surface area contributed by atoms with Crippen molar-refractivity contribution in [3.63, 3.8) is 0 Å². The van der Waals surface area contributed by atoms with E-state index in [2.05, 4.69) is 4.74 Å². The molecule has 10 heteroatoms. The molecule has 1 unspecified atom stereocenters. The molecule has 1 saturated heterocycles. The summed E-state index contributed by atoms with van der Waals surface area (Å²) < 4.78 is 53.0. The number of amides is 1. The zero-order chi connectivity index (χ0) is 30.1. The maximum absolute atomic E-state index is 13.5. The van der Waals surface area contributed by atoms with Crippen molar-refractivity contribution in [1.82, 2.24) is 0 Å². The number of alkyl halides is 3. The topological polar surface area (TPSA) is 85.3 Å². The van der Waals surface area contributed by atoms with Gasteiger partial charge in [0.1, 0.15) is 23.0 Å². The number of carbonyl (C=O) groups is 2. The van der Waals surface area contributed by atoms with Gasteiger partial charge in [0, 0.05) is 16.8 Å². The van der Waals surface area contributed by atoms with Crippen LogP contribution in [0.1, 0.15) is 50.4 Å². The van der Waals surface area contributed by atoms with Crippen molar-refractivity contribution >= 4 is 23.1 Å². The lowest BCUT2D eigenvalue weighted by Crippen LogP contribution is -2.29. The predicted molar refractivity (Wildman–Crippen MR) is 147 cm³/mol. The minimum atomic E-state index is -4.89. The number of ether oxygens (including phenoxy) is 3. The minimum Gasteiger partial charge on any atom is -0.507 e. The molecular formula is C31H30F3NO6. The number of nitrogens with zero attached hydrogens (tertiary/aromatic N) is 1. The summed E-state index contributed by atoms with van der Waals surface area (Å²) in [5, 5.41) is 11.6. The first-order valence-corrected chi connectivity index (χ1v) is 12.8. The Bertz CT molecular complexity index is 1470. The summed E-state index contributed by atoms with van der Waals surface area (Å²) in [6, 6.07) is 15.1. The van der Waals surface area contributed by atoms with Gasteiger partial charge in [-0.2, -0.15) is 0 Å². The average molecular weight is 570 g/mol. The first-order valence-electron chi connectivity index (χ1n) is 12.8. The molecule has 3 aromatic carbocycles. The second kappa shape index (κ2) is 11.2. The Balaban J connectivity index is 1.89. The second-order valence-electron chi connectivity index (χ2n) is 10.4. The quantitative estimate of drug-likeness (QED) is 0.189. The number of aliphatic hydroxyl groups excluding tert-OH is 1. The molecule has 216 valence electrons. The van der Waals surface area contributed by atoms with Gasteiger partial charge in [-0.3, -0.25) is 14.5 Å². The summed E-state index contributed by atoms with van der Waals surface area (Å²) in [6.45, 7) is 8.24. The number of aliphatic hydroxyl groups is 1. The highest BCUT2D eigenvalue weighted by Gasteiger charge is 2.47. The Kier molecular flexibility index (Phi) is 8.05. The SMILES string of the molecule is CCOc1ccc(/C(O)=C2/C(=O)C(=O)N(c3ccc(OC(F)(F)F)cc3)C2c2ccc(OC)cc2)cc1C(C)(C)C. The Labute approximate surface area is 235 Å². The van der Waals surface area contributed by atoms with Crippen LogP contribution in [-0.2, 0) is 15.0 Å². The van der Waals surface area contributed by atoms with Crippen LogP contribution in [0.5, 0.6) is 17.2 Å². The molecule has 0 aromatic heterocycles. The van der Waals surface area contributed by atoms with E-state index < -0.39 is 35.6 Å². The normalized spacial score (nSPS) is 17.1. The molecule has 0 saturated carbocycles. The highest BCUT2D eigenvalue weighted by Crippen LogP contribution is 2.44. The third kappa shape index (κ3) is 6.16. The number of methoxy groups -OCH3 is 1. The molecule has 41 heavy (non-hydrogen) atoms. The lowest BCUT2D eigenvalue weighted by molar-refractivity contribution is -0.274. The molecule has 3 aromatic rings. The number of benzene rings is 3. The first-order chi connectivity index (χ1) is 19.2. The summed E-state index contributed by atoms with van der Waals surface area (Å²) in [4.78, 5) is 28.0. The molecular weight excluding hydrogens is 539 g/mol. The number of rotatable bonds is 7. The molecule has 7 nitrogen and oxygen atoms in total. The van der Waals surface area contributed by atoms with Crippen LogP contribution in [-0.4, -0.2) is 36.9 Å². The van der Waals surface area contributed by atoms with E-state index >= 15 is 0 Å². The molecule has 1 aliphatic rings. The fourth-order valence-corrected chi connectivity index (χ4v) is 4.71. The van der Waals surface area contributed by atoms with Crippen LogP contribution in [0.2, 0.25) is 0 Å². The fraction of sp³-hybridized carbons (Fsp3) is 0.290. The molecule has 0 radical (unpaired) electrons. The predicted octanol–water partition coefficient (Wildman–Crippen LogP) is 6.92. The number of ketones is 1. The lowest BCUT2D eigenvalue weighted by Gasteiger charge is -2.26. The van der Waals surface area contributed by atoms with Gasteiger partial charge in [0.15, 0.2) is 0 Å². The Hall–Kier alpha value is -4.47. The second-order valence-corrected chi connectivity index (χ2v) is 10.4. The van der Waals surface area contributed by atoms with E-state index in [0.717, 1.165) is 22.6 Å². The summed E-state index contributed by atoms with van der Waals surface area (Å²) in [5.74, 6) is -1.60. The Morgan fingerprint density at radius 3 is 2.07 bits per heavy atom. The third-order valence-electron chi connectivity index (χ3n) is 6.59. The number of halogens is 3. The lowest BCUT2D eigenvalue weighted by atomic mass is 9.84. The van der Waals surface area contributed by atoms with Crippen LogP contribution in [0.15, 0.2) is 72.3 Å². The monoisotopic (exact) mass is 569 g/mol. The third-order valence-corrected chi connectivity index (χ3v) is 6.59. The van der Waals surface area contributed by atoms with E-state index in [1.165, 1.54) is 19.2 Å². The number of Topliss-reactive ketones (excluding diaryl/α,β-unsaturated/α-hetero) is 1. The van der Waals surface area contributed by atoms with Crippen molar-refractivity contribution in [1.29, 1.82) is 0 Å². The van der Waals surface area contributed by atoms with E-state index in [4.69, 9.17) is 9.47 Å². The first kappa shape index (κ1) is 29.5. The molecule has 1 N–H and O–H groups in total. The van der Waals surface area contributed by atoms with Crippen LogP contribution >= 0.6 is 0 Å². The summed E-state index contributed by atoms with van der Waals surface area (Å²) >= 11 is 0. The zero-order valence-corrected chi connectivity index (χ0v) is 23.2. The highest BCUT2D eigenvalue weighted by molar-refractivity contribution is 6.51. The van der Waals surface area contributed by atoms with Gasteiger partial charge >= 0.3 is 6.36 Å². The zero-order valence-electron chi connectivity index (χ0n) is 23.2. The molecule has 1 heterocycles. The number of anilines is 1. The van der Waals surface area contributed by atoms with E-state index in [1.54, 1.807) is 42.5 Å². The standard InChI is InChI=1S/C31H30F3NO6/c1-6-40-24-16-9-19(17-23(24)30(2,3)4)27(36)25-26(18-7-12-21(39-5)13-8-18)35(29(38)28(25)37)20-10-14-22(15-11-20)41-31(32,33)34/h7-17,26,36H,6H2,1-5H3/b27-25-. The van der Waals surface area contributed by atoms with Crippen LogP contribution in [0.4, 0.5) is 18.9 Å². The van der Waals surface area contributed by atoms with Crippen molar-refractivity contribution < 1.29 is 42.1 Å². The summed E-state index contributed by atoms with van der Waals surface area (Å²) in [6.07, 6.45) is -4.89. The Morgan fingerprint density at radius 1 is 0.927 bits per heavy atom. The van der Waals surface area contributed by atoms with E-state index in [-0.39, 0.29) is 16.7 Å². The number of carbonyl (C=O) groups excluding carboxylic acids is 2. The van der Waals surface area contributed by atoms with E-state index in [0.29, 0.717) is 29.2 Å². The van der Waals surface area contributed by atoms with Gasteiger partial charge in [-0.15, -0.1) is 13.2 Å². The van der Waals surface area contributed by atoms with Gasteiger partial charge in [0.05, 0.1) is 25.3 Å². The molecule has 1 fully saturated rings. The fourth-order valence-electron chi connectivity index (χ4n) is 4.71. The number of hydrogen-bond donors (Lipinski definition) is 1. The average Bonchev–Trinajstić information content (AvgIpc) is 3.17. The van der Waals surface area contributed by atoms with Gasteiger partial charge < -0.3 is 19.3 Å². The van der Waals surface area contributed by atoms with Crippen molar-refractivity contribution in [2.45, 2.75) is 45.5 Å². The van der Waals surface area contributed by atoms with Gasteiger partial charge in [-0.1, -0.05) is 32.9 Å². The van der Waals surface area contributed by atoms with Crippen molar-refractivity contribution in [2.24, 2.45) is 0 Å². The molecule has 1 atom stereocenters. The molecule has 1 aliphatic heterocycles. The van der Waals surface area contributed by atoms with Crippen molar-refractivity contribution in [3.05, 3.63) is 89.0 Å². The van der Waals surface area contributed by atoms with Crippen LogP contribution < -0.4 is 19.1 Å². The molecule has 4 rings (SSSR count). The molecule has 1 amide bonds.